The van der Waals surface area contributed by atoms with Crippen molar-refractivity contribution in [2.75, 3.05) is 11.9 Å². The first-order valence-corrected chi connectivity index (χ1v) is 6.15. The van der Waals surface area contributed by atoms with Gasteiger partial charge in [-0.25, -0.2) is 4.39 Å². The van der Waals surface area contributed by atoms with Crippen molar-refractivity contribution in [1.82, 2.24) is 0 Å². The molecule has 17 heavy (non-hydrogen) atoms. The van der Waals surface area contributed by atoms with E-state index in [2.05, 4.69) is 19.2 Å². The minimum atomic E-state index is -0.363. The van der Waals surface area contributed by atoms with Crippen LogP contribution in [0.5, 0.6) is 0 Å². The summed E-state index contributed by atoms with van der Waals surface area (Å²) in [6.07, 6.45) is 1.21. The maximum atomic E-state index is 13.6. The minimum Gasteiger partial charge on any atom is -0.389 e. The molecule has 3 N–H and O–H groups in total. The molecule has 92 valence electrons. The van der Waals surface area contributed by atoms with Crippen LogP contribution in [0.2, 0.25) is 0 Å². The van der Waals surface area contributed by atoms with Crippen molar-refractivity contribution < 1.29 is 4.39 Å². The van der Waals surface area contributed by atoms with Crippen molar-refractivity contribution in [2.24, 2.45) is 17.1 Å². The summed E-state index contributed by atoms with van der Waals surface area (Å²) >= 11 is 4.88. The Bertz CT molecular complexity index is 457. The predicted octanol–water partition coefficient (Wildman–Crippen LogP) is 2.92. The van der Waals surface area contributed by atoms with Crippen LogP contribution in [0.1, 0.15) is 25.8 Å². The first-order chi connectivity index (χ1) is 7.92. The molecule has 1 aromatic carbocycles. The number of hydrogen-bond acceptors (Lipinski definition) is 2. The molecule has 0 saturated heterocycles. The number of hydrogen-bond donors (Lipinski definition) is 2. The summed E-state index contributed by atoms with van der Waals surface area (Å²) in [5, 5.41) is 3.25. The third-order valence-corrected chi connectivity index (χ3v) is 3.72. The average molecular weight is 252 g/mol. The SMILES string of the molecule is CC1(C)CC1CNc1cccc(F)c1C(N)=S. The van der Waals surface area contributed by atoms with E-state index >= 15 is 0 Å². The van der Waals surface area contributed by atoms with Gasteiger partial charge in [-0.1, -0.05) is 32.1 Å². The second-order valence-electron chi connectivity index (χ2n) is 5.30. The second-order valence-corrected chi connectivity index (χ2v) is 5.74. The number of nitrogens with two attached hydrogens (primary N) is 1. The third kappa shape index (κ3) is 2.57. The summed E-state index contributed by atoms with van der Waals surface area (Å²) < 4.78 is 13.6. The number of thiocarbonyl (C=S) groups is 1. The molecule has 0 heterocycles. The van der Waals surface area contributed by atoms with Gasteiger partial charge in [-0.3, -0.25) is 0 Å². The van der Waals surface area contributed by atoms with E-state index in [1.54, 1.807) is 6.07 Å². The van der Waals surface area contributed by atoms with E-state index in [4.69, 9.17) is 18.0 Å². The molecule has 0 bridgehead atoms. The Kier molecular flexibility index (Phi) is 3.08. The van der Waals surface area contributed by atoms with Gasteiger partial charge in [-0.2, -0.15) is 0 Å². The van der Waals surface area contributed by atoms with Crippen LogP contribution >= 0.6 is 12.2 Å². The Morgan fingerprint density at radius 3 is 2.76 bits per heavy atom. The molecular formula is C13H17FN2S. The van der Waals surface area contributed by atoms with E-state index in [9.17, 15) is 4.39 Å². The molecule has 1 aromatic rings. The van der Waals surface area contributed by atoms with Gasteiger partial charge >= 0.3 is 0 Å². The molecule has 1 saturated carbocycles. The van der Waals surface area contributed by atoms with E-state index in [-0.39, 0.29) is 10.8 Å². The molecule has 0 aromatic heterocycles. The van der Waals surface area contributed by atoms with Gasteiger partial charge in [0.25, 0.3) is 0 Å². The fraction of sp³-hybridized carbons (Fsp3) is 0.462. The van der Waals surface area contributed by atoms with Gasteiger partial charge < -0.3 is 11.1 Å². The summed E-state index contributed by atoms with van der Waals surface area (Å²) in [7, 11) is 0. The summed E-state index contributed by atoms with van der Waals surface area (Å²) in [5.74, 6) is 0.280. The minimum absolute atomic E-state index is 0.0978. The van der Waals surface area contributed by atoms with Crippen LogP contribution in [0.25, 0.3) is 0 Å². The van der Waals surface area contributed by atoms with Crippen molar-refractivity contribution in [3.8, 4) is 0 Å². The van der Waals surface area contributed by atoms with Crippen LogP contribution in [0, 0.1) is 17.2 Å². The molecule has 1 atom stereocenters. The number of rotatable bonds is 4. The van der Waals surface area contributed by atoms with Crippen molar-refractivity contribution in [3.63, 3.8) is 0 Å². The van der Waals surface area contributed by atoms with Crippen LogP contribution in [-0.2, 0) is 0 Å². The average Bonchev–Trinajstić information content (AvgIpc) is 2.83. The molecule has 0 amide bonds. The summed E-state index contributed by atoms with van der Waals surface area (Å²) in [6, 6.07) is 4.85. The maximum Gasteiger partial charge on any atom is 0.135 e. The fourth-order valence-electron chi connectivity index (χ4n) is 2.08. The zero-order valence-corrected chi connectivity index (χ0v) is 10.9. The molecule has 2 nitrogen and oxygen atoms in total. The summed E-state index contributed by atoms with van der Waals surface area (Å²) in [5.41, 5.74) is 6.96. The summed E-state index contributed by atoms with van der Waals surface area (Å²) in [6.45, 7) is 5.31. The molecule has 0 aliphatic heterocycles. The number of benzene rings is 1. The smallest absolute Gasteiger partial charge is 0.135 e. The largest absolute Gasteiger partial charge is 0.389 e. The fourth-order valence-corrected chi connectivity index (χ4v) is 2.29. The lowest BCUT2D eigenvalue weighted by Gasteiger charge is -2.12. The Hall–Kier alpha value is -1.16. The Balaban J connectivity index is 2.10. The van der Waals surface area contributed by atoms with E-state index in [1.165, 1.54) is 12.5 Å². The number of anilines is 1. The zero-order chi connectivity index (χ0) is 12.6. The Morgan fingerprint density at radius 2 is 2.24 bits per heavy atom. The molecule has 1 fully saturated rings. The highest BCUT2D eigenvalue weighted by atomic mass is 32.1. The molecule has 1 unspecified atom stereocenters. The van der Waals surface area contributed by atoms with E-state index in [0.29, 0.717) is 22.6 Å². The predicted molar refractivity (Wildman–Crippen MR) is 72.7 cm³/mol. The van der Waals surface area contributed by atoms with Gasteiger partial charge in [0.05, 0.1) is 5.56 Å². The van der Waals surface area contributed by atoms with Gasteiger partial charge in [-0.15, -0.1) is 0 Å². The maximum absolute atomic E-state index is 13.6. The van der Waals surface area contributed by atoms with Gasteiger partial charge in [-0.05, 0) is 29.9 Å². The lowest BCUT2D eigenvalue weighted by Crippen LogP contribution is -2.17. The third-order valence-electron chi connectivity index (χ3n) is 3.52. The molecule has 4 heteroatoms. The Labute approximate surface area is 106 Å². The van der Waals surface area contributed by atoms with Crippen LogP contribution in [0.4, 0.5) is 10.1 Å². The van der Waals surface area contributed by atoms with Gasteiger partial charge in [0.15, 0.2) is 0 Å². The molecule has 1 aliphatic carbocycles. The van der Waals surface area contributed by atoms with Crippen LogP contribution in [0.15, 0.2) is 18.2 Å². The lowest BCUT2D eigenvalue weighted by molar-refractivity contribution is 0.573. The van der Waals surface area contributed by atoms with E-state index in [1.807, 2.05) is 6.07 Å². The van der Waals surface area contributed by atoms with Crippen molar-refractivity contribution in [1.29, 1.82) is 0 Å². The standard InChI is InChI=1S/C13H17FN2S/c1-13(2)6-8(13)7-16-10-5-3-4-9(14)11(10)12(15)17/h3-5,8,16H,6-7H2,1-2H3,(H2,15,17). The van der Waals surface area contributed by atoms with Crippen molar-refractivity contribution >= 4 is 22.9 Å². The Morgan fingerprint density at radius 1 is 1.59 bits per heavy atom. The number of nitrogens with one attached hydrogen (secondary N) is 1. The highest BCUT2D eigenvalue weighted by Crippen LogP contribution is 2.51. The molecule has 0 spiro atoms. The lowest BCUT2D eigenvalue weighted by atomic mass is 10.1. The van der Waals surface area contributed by atoms with Crippen LogP contribution in [-0.4, -0.2) is 11.5 Å². The quantitative estimate of drug-likeness (QED) is 0.809. The first-order valence-electron chi connectivity index (χ1n) is 5.74. The van der Waals surface area contributed by atoms with Crippen molar-refractivity contribution in [2.45, 2.75) is 20.3 Å². The highest BCUT2D eigenvalue weighted by Gasteiger charge is 2.45. The summed E-state index contributed by atoms with van der Waals surface area (Å²) in [4.78, 5) is 0.0978. The zero-order valence-electron chi connectivity index (χ0n) is 10.1. The first kappa shape index (κ1) is 12.3. The van der Waals surface area contributed by atoms with Crippen LogP contribution < -0.4 is 11.1 Å². The van der Waals surface area contributed by atoms with E-state index < -0.39 is 0 Å². The monoisotopic (exact) mass is 252 g/mol. The number of halogens is 1. The second kappa shape index (κ2) is 4.26. The molecular weight excluding hydrogens is 235 g/mol. The molecule has 0 radical (unpaired) electrons. The molecule has 1 aliphatic rings. The highest BCUT2D eigenvalue weighted by molar-refractivity contribution is 7.80. The van der Waals surface area contributed by atoms with Crippen LogP contribution in [0.3, 0.4) is 0 Å². The van der Waals surface area contributed by atoms with Gasteiger partial charge in [0, 0.05) is 12.2 Å². The topological polar surface area (TPSA) is 38.0 Å². The van der Waals surface area contributed by atoms with Crippen molar-refractivity contribution in [3.05, 3.63) is 29.6 Å². The van der Waals surface area contributed by atoms with Gasteiger partial charge in [0.1, 0.15) is 10.8 Å². The molecule has 2 rings (SSSR count). The normalized spacial score (nSPS) is 21.0. The van der Waals surface area contributed by atoms with Gasteiger partial charge in [0.2, 0.25) is 0 Å². The van der Waals surface area contributed by atoms with E-state index in [0.717, 1.165) is 6.54 Å².